The zero-order chi connectivity index (χ0) is 19.6. The average molecular weight is 371 g/mol. The summed E-state index contributed by atoms with van der Waals surface area (Å²) in [5.74, 6) is 0.309. The maximum Gasteiger partial charge on any atom is 0.343 e. The van der Waals surface area contributed by atoms with E-state index in [1.807, 2.05) is 18.2 Å². The van der Waals surface area contributed by atoms with E-state index in [4.69, 9.17) is 9.47 Å². The second-order valence-corrected chi connectivity index (χ2v) is 5.96. The zero-order valence-corrected chi connectivity index (χ0v) is 15.9. The molecule has 2 rings (SSSR count). The standard InChI is InChI=1S/C21H25NO5/c1-4-15(16-8-6-5-7-9-16)13-22-21(24)17-10-11-18(19(12-17)25-2)27-14-20(23)26-3/h5-12,15H,4,13-14H2,1-3H3,(H,22,24). The fourth-order valence-corrected chi connectivity index (χ4v) is 2.66. The van der Waals surface area contributed by atoms with Crippen LogP contribution in [0.15, 0.2) is 48.5 Å². The van der Waals surface area contributed by atoms with Crippen molar-refractivity contribution in [1.29, 1.82) is 0 Å². The molecule has 1 N–H and O–H groups in total. The fourth-order valence-electron chi connectivity index (χ4n) is 2.66. The lowest BCUT2D eigenvalue weighted by Crippen LogP contribution is -2.28. The largest absolute Gasteiger partial charge is 0.493 e. The Bertz CT molecular complexity index is 760. The summed E-state index contributed by atoms with van der Waals surface area (Å²) < 4.78 is 15.2. The summed E-state index contributed by atoms with van der Waals surface area (Å²) in [6.07, 6.45) is 0.925. The Hall–Kier alpha value is -3.02. The molecule has 1 amide bonds. The molecule has 0 aliphatic heterocycles. The van der Waals surface area contributed by atoms with E-state index in [9.17, 15) is 9.59 Å². The molecule has 0 saturated carbocycles. The van der Waals surface area contributed by atoms with Gasteiger partial charge in [-0.1, -0.05) is 37.3 Å². The predicted molar refractivity (Wildman–Crippen MR) is 102 cm³/mol. The van der Waals surface area contributed by atoms with Gasteiger partial charge in [-0.2, -0.15) is 0 Å². The van der Waals surface area contributed by atoms with Crippen LogP contribution in [0, 0.1) is 0 Å². The van der Waals surface area contributed by atoms with Gasteiger partial charge in [0.25, 0.3) is 5.91 Å². The molecular weight excluding hydrogens is 346 g/mol. The van der Waals surface area contributed by atoms with E-state index in [0.717, 1.165) is 6.42 Å². The Labute approximate surface area is 159 Å². The Kier molecular flexibility index (Phi) is 7.67. The van der Waals surface area contributed by atoms with Crippen molar-refractivity contribution in [1.82, 2.24) is 5.32 Å². The van der Waals surface area contributed by atoms with Crippen LogP contribution in [0.4, 0.5) is 0 Å². The molecule has 0 fully saturated rings. The van der Waals surface area contributed by atoms with Crippen LogP contribution in [0.25, 0.3) is 0 Å². The van der Waals surface area contributed by atoms with Gasteiger partial charge in [-0.3, -0.25) is 4.79 Å². The van der Waals surface area contributed by atoms with Gasteiger partial charge in [-0.05, 0) is 30.2 Å². The van der Waals surface area contributed by atoms with Gasteiger partial charge in [-0.15, -0.1) is 0 Å². The lowest BCUT2D eigenvalue weighted by atomic mass is 9.96. The Morgan fingerprint density at radius 1 is 1.04 bits per heavy atom. The van der Waals surface area contributed by atoms with Gasteiger partial charge in [-0.25, -0.2) is 4.79 Å². The second-order valence-electron chi connectivity index (χ2n) is 5.96. The van der Waals surface area contributed by atoms with Crippen molar-refractivity contribution in [2.75, 3.05) is 27.4 Å². The highest BCUT2D eigenvalue weighted by atomic mass is 16.6. The van der Waals surface area contributed by atoms with Crippen molar-refractivity contribution < 1.29 is 23.8 Å². The Morgan fingerprint density at radius 2 is 1.78 bits per heavy atom. The van der Waals surface area contributed by atoms with E-state index in [1.165, 1.54) is 19.8 Å². The van der Waals surface area contributed by atoms with E-state index in [2.05, 4.69) is 29.1 Å². The fraction of sp³-hybridized carbons (Fsp3) is 0.333. The number of rotatable bonds is 9. The minimum Gasteiger partial charge on any atom is -0.493 e. The molecule has 1 unspecified atom stereocenters. The molecule has 0 aliphatic rings. The summed E-state index contributed by atoms with van der Waals surface area (Å²) in [5.41, 5.74) is 1.66. The summed E-state index contributed by atoms with van der Waals surface area (Å²) in [7, 11) is 2.76. The SMILES string of the molecule is CCC(CNC(=O)c1ccc(OCC(=O)OC)c(OC)c1)c1ccccc1. The van der Waals surface area contributed by atoms with Crippen LogP contribution in [0.1, 0.15) is 35.2 Å². The summed E-state index contributed by atoms with van der Waals surface area (Å²) >= 11 is 0. The van der Waals surface area contributed by atoms with Crippen LogP contribution in [-0.4, -0.2) is 39.2 Å². The minimum atomic E-state index is -0.495. The van der Waals surface area contributed by atoms with Crippen LogP contribution in [0.3, 0.4) is 0 Å². The highest BCUT2D eigenvalue weighted by Gasteiger charge is 2.15. The maximum absolute atomic E-state index is 12.5. The molecule has 2 aromatic rings. The molecule has 144 valence electrons. The molecule has 27 heavy (non-hydrogen) atoms. The van der Waals surface area contributed by atoms with Crippen molar-refractivity contribution in [2.45, 2.75) is 19.3 Å². The number of methoxy groups -OCH3 is 2. The topological polar surface area (TPSA) is 73.9 Å². The summed E-state index contributed by atoms with van der Waals surface area (Å²) in [4.78, 5) is 23.7. The highest BCUT2D eigenvalue weighted by molar-refractivity contribution is 5.94. The monoisotopic (exact) mass is 371 g/mol. The summed E-state index contributed by atoms with van der Waals surface area (Å²) in [6.45, 7) is 2.41. The van der Waals surface area contributed by atoms with Crippen molar-refractivity contribution in [3.63, 3.8) is 0 Å². The zero-order valence-electron chi connectivity index (χ0n) is 15.9. The van der Waals surface area contributed by atoms with Gasteiger partial charge >= 0.3 is 5.97 Å². The van der Waals surface area contributed by atoms with Gasteiger partial charge < -0.3 is 19.5 Å². The van der Waals surface area contributed by atoms with Crippen molar-refractivity contribution in [3.8, 4) is 11.5 Å². The Morgan fingerprint density at radius 3 is 2.41 bits per heavy atom. The van der Waals surface area contributed by atoms with E-state index in [1.54, 1.807) is 18.2 Å². The molecule has 0 aliphatic carbocycles. The number of hydrogen-bond acceptors (Lipinski definition) is 5. The average Bonchev–Trinajstić information content (AvgIpc) is 2.72. The van der Waals surface area contributed by atoms with E-state index in [0.29, 0.717) is 23.6 Å². The number of hydrogen-bond donors (Lipinski definition) is 1. The number of amides is 1. The third-order valence-corrected chi connectivity index (χ3v) is 4.27. The van der Waals surface area contributed by atoms with Crippen molar-refractivity contribution in [2.24, 2.45) is 0 Å². The van der Waals surface area contributed by atoms with Crippen LogP contribution in [0.2, 0.25) is 0 Å². The number of esters is 1. The lowest BCUT2D eigenvalue weighted by molar-refractivity contribution is -0.142. The minimum absolute atomic E-state index is 0.192. The second kappa shape index (κ2) is 10.2. The van der Waals surface area contributed by atoms with Gasteiger partial charge in [0.05, 0.1) is 14.2 Å². The van der Waals surface area contributed by atoms with Crippen LogP contribution >= 0.6 is 0 Å². The molecule has 2 aromatic carbocycles. The molecule has 6 heteroatoms. The summed E-state index contributed by atoms with van der Waals surface area (Å²) in [6, 6.07) is 14.9. The molecule has 0 bridgehead atoms. The maximum atomic E-state index is 12.5. The third-order valence-electron chi connectivity index (χ3n) is 4.27. The molecular formula is C21H25NO5. The smallest absolute Gasteiger partial charge is 0.343 e. The number of carbonyl (C=O) groups excluding carboxylic acids is 2. The normalized spacial score (nSPS) is 11.4. The van der Waals surface area contributed by atoms with E-state index < -0.39 is 5.97 Å². The highest BCUT2D eigenvalue weighted by Crippen LogP contribution is 2.28. The first-order valence-corrected chi connectivity index (χ1v) is 8.79. The van der Waals surface area contributed by atoms with Crippen LogP contribution < -0.4 is 14.8 Å². The quantitative estimate of drug-likeness (QED) is 0.686. The molecule has 0 aromatic heterocycles. The van der Waals surface area contributed by atoms with E-state index in [-0.39, 0.29) is 18.4 Å². The van der Waals surface area contributed by atoms with E-state index >= 15 is 0 Å². The first-order chi connectivity index (χ1) is 13.1. The Balaban J connectivity index is 2.02. The van der Waals surface area contributed by atoms with Crippen LogP contribution in [0.5, 0.6) is 11.5 Å². The molecule has 0 heterocycles. The molecule has 6 nitrogen and oxygen atoms in total. The van der Waals surface area contributed by atoms with Crippen molar-refractivity contribution in [3.05, 3.63) is 59.7 Å². The number of benzene rings is 2. The van der Waals surface area contributed by atoms with Crippen LogP contribution in [-0.2, 0) is 9.53 Å². The number of nitrogens with one attached hydrogen (secondary N) is 1. The number of ether oxygens (including phenoxy) is 3. The number of carbonyl (C=O) groups is 2. The molecule has 0 spiro atoms. The predicted octanol–water partition coefficient (Wildman–Crippen LogP) is 3.17. The van der Waals surface area contributed by atoms with Gasteiger partial charge in [0.15, 0.2) is 18.1 Å². The summed E-state index contributed by atoms with van der Waals surface area (Å²) in [5, 5.41) is 2.97. The van der Waals surface area contributed by atoms with Crippen molar-refractivity contribution >= 4 is 11.9 Å². The molecule has 1 atom stereocenters. The first-order valence-electron chi connectivity index (χ1n) is 8.79. The van der Waals surface area contributed by atoms with Gasteiger partial charge in [0, 0.05) is 18.0 Å². The molecule has 0 saturated heterocycles. The van der Waals surface area contributed by atoms with Gasteiger partial charge in [0.2, 0.25) is 0 Å². The lowest BCUT2D eigenvalue weighted by Gasteiger charge is -2.17. The van der Waals surface area contributed by atoms with Gasteiger partial charge in [0.1, 0.15) is 0 Å². The first kappa shape index (κ1) is 20.3. The molecule has 0 radical (unpaired) electrons. The third kappa shape index (κ3) is 5.74.